The summed E-state index contributed by atoms with van der Waals surface area (Å²) in [4.78, 5) is 2.46. The molecule has 1 heterocycles. The van der Waals surface area contributed by atoms with Crippen LogP contribution in [0.5, 0.6) is 0 Å². The summed E-state index contributed by atoms with van der Waals surface area (Å²) in [5, 5.41) is 4.93. The van der Waals surface area contributed by atoms with Crippen LogP contribution in [0, 0.1) is 0 Å². The SMILES string of the molecule is CC1(C)c2ccccc2-c2ccc(-c3ccc(N(c4ccc5c6ccccc6n(-c6ccccc6)c5c4)c4ccccc4-c4cccc5cccc(-c6ccccc6)c45)cc3)cc21. The van der Waals surface area contributed by atoms with Crippen LogP contribution in [0.25, 0.3) is 82.8 Å². The van der Waals surface area contributed by atoms with Gasteiger partial charge in [-0.3, -0.25) is 0 Å². The van der Waals surface area contributed by atoms with E-state index in [1.165, 1.54) is 82.7 Å². The molecule has 298 valence electrons. The lowest BCUT2D eigenvalue weighted by atomic mass is 9.81. The topological polar surface area (TPSA) is 8.17 Å². The molecule has 0 saturated carbocycles. The Morgan fingerprint density at radius 3 is 1.78 bits per heavy atom. The Morgan fingerprint density at radius 2 is 0.968 bits per heavy atom. The molecule has 0 amide bonds. The zero-order chi connectivity index (χ0) is 42.1. The van der Waals surface area contributed by atoms with Crippen molar-refractivity contribution >= 4 is 49.6 Å². The Morgan fingerprint density at radius 1 is 0.365 bits per heavy atom. The van der Waals surface area contributed by atoms with E-state index < -0.39 is 0 Å². The molecule has 0 aliphatic heterocycles. The molecule has 0 bridgehead atoms. The highest BCUT2D eigenvalue weighted by Crippen LogP contribution is 2.50. The number of hydrogen-bond donors (Lipinski definition) is 0. The fourth-order valence-electron chi connectivity index (χ4n) is 10.4. The summed E-state index contributed by atoms with van der Waals surface area (Å²) in [6, 6.07) is 84.7. The van der Waals surface area contributed by atoms with E-state index in [0.29, 0.717) is 0 Å². The van der Waals surface area contributed by atoms with Gasteiger partial charge >= 0.3 is 0 Å². The first-order valence-electron chi connectivity index (χ1n) is 21.9. The fourth-order valence-corrected chi connectivity index (χ4v) is 10.4. The Hall–Kier alpha value is -7.94. The van der Waals surface area contributed by atoms with Crippen LogP contribution < -0.4 is 4.90 Å². The van der Waals surface area contributed by atoms with E-state index in [-0.39, 0.29) is 5.41 Å². The normalized spacial score (nSPS) is 12.7. The molecule has 10 aromatic carbocycles. The summed E-state index contributed by atoms with van der Waals surface area (Å²) in [5.41, 5.74) is 19.4. The Labute approximate surface area is 368 Å². The minimum atomic E-state index is -0.0643. The number of fused-ring (bicyclic) bond motifs is 7. The van der Waals surface area contributed by atoms with Crippen LogP contribution in [0.4, 0.5) is 17.1 Å². The third kappa shape index (κ3) is 5.94. The highest BCUT2D eigenvalue weighted by Gasteiger charge is 2.35. The summed E-state index contributed by atoms with van der Waals surface area (Å²) in [5.74, 6) is 0. The van der Waals surface area contributed by atoms with Gasteiger partial charge in [0.05, 0.1) is 16.7 Å². The van der Waals surface area contributed by atoms with E-state index >= 15 is 0 Å². The van der Waals surface area contributed by atoms with Gasteiger partial charge in [-0.1, -0.05) is 190 Å². The van der Waals surface area contributed by atoms with E-state index in [1.807, 2.05) is 0 Å². The fraction of sp³-hybridized carbons (Fsp3) is 0.0492. The molecule has 2 heteroatoms. The predicted octanol–water partition coefficient (Wildman–Crippen LogP) is 16.7. The molecule has 0 unspecified atom stereocenters. The lowest BCUT2D eigenvalue weighted by Gasteiger charge is -2.29. The molecular formula is C61H44N2. The van der Waals surface area contributed by atoms with Crippen molar-refractivity contribution in [3.8, 4) is 50.2 Å². The van der Waals surface area contributed by atoms with Gasteiger partial charge in [-0.05, 0) is 115 Å². The molecule has 1 aliphatic carbocycles. The van der Waals surface area contributed by atoms with Crippen LogP contribution in [0.2, 0.25) is 0 Å². The zero-order valence-corrected chi connectivity index (χ0v) is 35.3. The third-order valence-corrected chi connectivity index (χ3v) is 13.4. The number of rotatable bonds is 7. The first kappa shape index (κ1) is 36.9. The largest absolute Gasteiger partial charge is 0.310 e. The van der Waals surface area contributed by atoms with Crippen molar-refractivity contribution in [2.24, 2.45) is 0 Å². The van der Waals surface area contributed by atoms with E-state index in [0.717, 1.165) is 28.3 Å². The number of anilines is 3. The summed E-state index contributed by atoms with van der Waals surface area (Å²) < 4.78 is 2.41. The average molecular weight is 805 g/mol. The van der Waals surface area contributed by atoms with Gasteiger partial charge in [-0.2, -0.15) is 0 Å². The summed E-state index contributed by atoms with van der Waals surface area (Å²) >= 11 is 0. The first-order chi connectivity index (χ1) is 31.0. The second-order valence-electron chi connectivity index (χ2n) is 17.3. The van der Waals surface area contributed by atoms with Crippen LogP contribution >= 0.6 is 0 Å². The molecule has 0 N–H and O–H groups in total. The van der Waals surface area contributed by atoms with E-state index in [9.17, 15) is 0 Å². The van der Waals surface area contributed by atoms with Gasteiger partial charge in [0, 0.05) is 38.8 Å². The number of hydrogen-bond acceptors (Lipinski definition) is 1. The molecule has 11 aromatic rings. The van der Waals surface area contributed by atoms with Gasteiger partial charge in [-0.15, -0.1) is 0 Å². The molecule has 0 fully saturated rings. The molecule has 63 heavy (non-hydrogen) atoms. The molecular weight excluding hydrogens is 761 g/mol. The molecule has 0 spiro atoms. The number of aromatic nitrogens is 1. The highest BCUT2D eigenvalue weighted by atomic mass is 15.1. The van der Waals surface area contributed by atoms with Crippen molar-refractivity contribution in [3.05, 3.63) is 242 Å². The molecule has 0 radical (unpaired) electrons. The van der Waals surface area contributed by atoms with Crippen molar-refractivity contribution in [2.45, 2.75) is 19.3 Å². The second kappa shape index (κ2) is 14.6. The van der Waals surface area contributed by atoms with Crippen LogP contribution in [-0.2, 0) is 5.41 Å². The second-order valence-corrected chi connectivity index (χ2v) is 17.3. The van der Waals surface area contributed by atoms with Crippen molar-refractivity contribution in [1.29, 1.82) is 0 Å². The minimum Gasteiger partial charge on any atom is -0.310 e. The smallest absolute Gasteiger partial charge is 0.0561 e. The lowest BCUT2D eigenvalue weighted by Crippen LogP contribution is -2.14. The Kier molecular flexibility index (Phi) is 8.55. The van der Waals surface area contributed by atoms with E-state index in [2.05, 4.69) is 254 Å². The molecule has 0 atom stereocenters. The lowest BCUT2D eigenvalue weighted by molar-refractivity contribution is 0.660. The van der Waals surface area contributed by atoms with E-state index in [4.69, 9.17) is 0 Å². The predicted molar refractivity (Wildman–Crippen MR) is 267 cm³/mol. The van der Waals surface area contributed by atoms with Crippen molar-refractivity contribution in [1.82, 2.24) is 4.57 Å². The summed E-state index contributed by atoms with van der Waals surface area (Å²) in [6.45, 7) is 4.71. The first-order valence-corrected chi connectivity index (χ1v) is 21.9. The Balaban J connectivity index is 1.06. The van der Waals surface area contributed by atoms with Gasteiger partial charge in [0.2, 0.25) is 0 Å². The maximum Gasteiger partial charge on any atom is 0.0561 e. The molecule has 1 aromatic heterocycles. The number of nitrogens with zero attached hydrogens (tertiary/aromatic N) is 2. The minimum absolute atomic E-state index is 0.0643. The summed E-state index contributed by atoms with van der Waals surface area (Å²) in [7, 11) is 0. The molecule has 2 nitrogen and oxygen atoms in total. The van der Waals surface area contributed by atoms with Gasteiger partial charge < -0.3 is 9.47 Å². The maximum atomic E-state index is 2.46. The summed E-state index contributed by atoms with van der Waals surface area (Å²) in [6.07, 6.45) is 0. The monoisotopic (exact) mass is 804 g/mol. The zero-order valence-electron chi connectivity index (χ0n) is 35.3. The standard InChI is InChI=1S/C61H44N2/c1-61(2)55-28-12-9-23-49(55)50-37-33-44(39-56(50)61)41-31-34-46(35-32-41)62(47-36-38-53-51-24-10-14-30-58(51)63(59(53)40-47)45-21-7-4-8-22-45)57-29-13-11-25-52(57)54-27-16-20-43-19-15-26-48(60(43)54)42-17-5-3-6-18-42/h3-40H,1-2H3. The highest BCUT2D eigenvalue weighted by molar-refractivity contribution is 6.12. The van der Waals surface area contributed by atoms with Crippen molar-refractivity contribution in [3.63, 3.8) is 0 Å². The molecule has 1 aliphatic rings. The average Bonchev–Trinajstić information content (AvgIpc) is 3.79. The maximum absolute atomic E-state index is 2.46. The Bertz CT molecular complexity index is 3520. The molecule has 0 saturated heterocycles. The van der Waals surface area contributed by atoms with Crippen LogP contribution in [0.3, 0.4) is 0 Å². The van der Waals surface area contributed by atoms with Gasteiger partial charge in [0.1, 0.15) is 0 Å². The van der Waals surface area contributed by atoms with Gasteiger partial charge in [-0.25, -0.2) is 0 Å². The third-order valence-electron chi connectivity index (χ3n) is 13.4. The van der Waals surface area contributed by atoms with Crippen molar-refractivity contribution < 1.29 is 0 Å². The van der Waals surface area contributed by atoms with Crippen LogP contribution in [-0.4, -0.2) is 4.57 Å². The van der Waals surface area contributed by atoms with E-state index in [1.54, 1.807) is 0 Å². The number of para-hydroxylation sites is 3. The molecule has 12 rings (SSSR count). The van der Waals surface area contributed by atoms with Gasteiger partial charge in [0.25, 0.3) is 0 Å². The number of benzene rings is 10. The van der Waals surface area contributed by atoms with Crippen LogP contribution in [0.15, 0.2) is 231 Å². The quantitative estimate of drug-likeness (QED) is 0.156. The van der Waals surface area contributed by atoms with Crippen LogP contribution in [0.1, 0.15) is 25.0 Å². The van der Waals surface area contributed by atoms with Crippen molar-refractivity contribution in [2.75, 3.05) is 4.90 Å². The van der Waals surface area contributed by atoms with Gasteiger partial charge in [0.15, 0.2) is 0 Å².